The van der Waals surface area contributed by atoms with Crippen molar-refractivity contribution in [2.24, 2.45) is 0 Å². The molecule has 0 aliphatic carbocycles. The monoisotopic (exact) mass is 372 g/mol. The zero-order chi connectivity index (χ0) is 16.2. The van der Waals surface area contributed by atoms with Crippen LogP contribution in [0.15, 0.2) is 96.7 Å². The van der Waals surface area contributed by atoms with E-state index >= 15 is 0 Å². The molecule has 0 fully saturated rings. The summed E-state index contributed by atoms with van der Waals surface area (Å²) in [7, 11) is 0. The van der Waals surface area contributed by atoms with Gasteiger partial charge in [0.25, 0.3) is 0 Å². The SMILES string of the molecule is [C-](=CC1=C(c2ccccc2)Nc2ccccc2N1)c1ccccc1.[Cu+2]. The normalized spacial score (nSPS) is 12.8. The molecule has 25 heavy (non-hydrogen) atoms. The Morgan fingerprint density at radius 2 is 1.20 bits per heavy atom. The van der Waals surface area contributed by atoms with Gasteiger partial charge in [0, 0.05) is 5.70 Å². The van der Waals surface area contributed by atoms with E-state index in [1.165, 1.54) is 0 Å². The minimum atomic E-state index is 0. The molecule has 1 aliphatic rings. The van der Waals surface area contributed by atoms with Gasteiger partial charge in [-0.25, -0.2) is 0 Å². The molecule has 0 aromatic heterocycles. The molecule has 125 valence electrons. The average molecular weight is 373 g/mol. The summed E-state index contributed by atoms with van der Waals surface area (Å²) >= 11 is 0. The molecule has 4 rings (SSSR count). The fourth-order valence-electron chi connectivity index (χ4n) is 2.74. The van der Waals surface area contributed by atoms with Crippen molar-refractivity contribution in [3.05, 3.63) is 114 Å². The number of nitrogens with one attached hydrogen (secondary N) is 2. The zero-order valence-electron chi connectivity index (χ0n) is 13.5. The van der Waals surface area contributed by atoms with E-state index in [1.54, 1.807) is 0 Å². The second-order valence-electron chi connectivity index (χ2n) is 5.60. The van der Waals surface area contributed by atoms with Crippen LogP contribution in [0.4, 0.5) is 11.4 Å². The van der Waals surface area contributed by atoms with Gasteiger partial charge in [0.1, 0.15) is 0 Å². The van der Waals surface area contributed by atoms with Crippen LogP contribution in [-0.2, 0) is 17.1 Å². The second-order valence-corrected chi connectivity index (χ2v) is 5.60. The third-order valence-electron chi connectivity index (χ3n) is 3.94. The molecule has 2 nitrogen and oxygen atoms in total. The molecule has 0 saturated carbocycles. The van der Waals surface area contributed by atoms with Gasteiger partial charge in [-0.2, -0.15) is 0 Å². The number of para-hydroxylation sites is 2. The topological polar surface area (TPSA) is 24.1 Å². The molecule has 0 spiro atoms. The quantitative estimate of drug-likeness (QED) is 0.481. The number of fused-ring (bicyclic) bond motifs is 1. The van der Waals surface area contributed by atoms with Crippen LogP contribution in [0.25, 0.3) is 5.70 Å². The molecule has 3 aromatic carbocycles. The molecular formula is C22H17CuN2+. The van der Waals surface area contributed by atoms with Crippen LogP contribution in [0.5, 0.6) is 0 Å². The van der Waals surface area contributed by atoms with E-state index in [0.717, 1.165) is 33.9 Å². The zero-order valence-corrected chi connectivity index (χ0v) is 14.4. The van der Waals surface area contributed by atoms with Crippen molar-refractivity contribution >= 4 is 17.1 Å². The van der Waals surface area contributed by atoms with Crippen LogP contribution in [-0.4, -0.2) is 0 Å². The summed E-state index contributed by atoms with van der Waals surface area (Å²) in [5, 5.41) is 7.06. The van der Waals surface area contributed by atoms with Gasteiger partial charge in [-0.05, 0) is 23.4 Å². The van der Waals surface area contributed by atoms with Gasteiger partial charge in [0.2, 0.25) is 0 Å². The maximum absolute atomic E-state index is 3.55. The van der Waals surface area contributed by atoms with Crippen molar-refractivity contribution in [2.75, 3.05) is 10.6 Å². The molecule has 0 amide bonds. The van der Waals surface area contributed by atoms with Crippen LogP contribution in [0.2, 0.25) is 0 Å². The number of benzene rings is 3. The van der Waals surface area contributed by atoms with E-state index in [2.05, 4.69) is 41.0 Å². The first-order valence-corrected chi connectivity index (χ1v) is 7.98. The average Bonchev–Trinajstić information content (AvgIpc) is 2.67. The van der Waals surface area contributed by atoms with Gasteiger partial charge in [-0.3, -0.25) is 0 Å². The summed E-state index contributed by atoms with van der Waals surface area (Å²) in [4.78, 5) is 0. The molecule has 0 atom stereocenters. The minimum Gasteiger partial charge on any atom is -0.391 e. The second kappa shape index (κ2) is 7.89. The van der Waals surface area contributed by atoms with Crippen molar-refractivity contribution in [3.8, 4) is 0 Å². The summed E-state index contributed by atoms with van der Waals surface area (Å²) in [6.07, 6.45) is 5.36. The van der Waals surface area contributed by atoms with E-state index in [1.807, 2.05) is 66.7 Å². The Bertz CT molecular complexity index is 900. The van der Waals surface area contributed by atoms with Crippen LogP contribution in [0.1, 0.15) is 11.1 Å². The molecule has 2 N–H and O–H groups in total. The number of allylic oxidation sites excluding steroid dienone is 1. The van der Waals surface area contributed by atoms with Crippen molar-refractivity contribution in [1.29, 1.82) is 0 Å². The van der Waals surface area contributed by atoms with Crippen LogP contribution in [0, 0.1) is 6.08 Å². The van der Waals surface area contributed by atoms with Crippen molar-refractivity contribution in [3.63, 3.8) is 0 Å². The van der Waals surface area contributed by atoms with Gasteiger partial charge in [-0.15, -0.1) is 42.0 Å². The molecule has 1 heterocycles. The van der Waals surface area contributed by atoms with Gasteiger partial charge in [0.15, 0.2) is 0 Å². The summed E-state index contributed by atoms with van der Waals surface area (Å²) < 4.78 is 0. The Labute approximate surface area is 158 Å². The van der Waals surface area contributed by atoms with E-state index in [4.69, 9.17) is 0 Å². The fourth-order valence-corrected chi connectivity index (χ4v) is 2.74. The van der Waals surface area contributed by atoms with Crippen LogP contribution in [0.3, 0.4) is 0 Å². The summed E-state index contributed by atoms with van der Waals surface area (Å²) in [6.45, 7) is 0. The third-order valence-corrected chi connectivity index (χ3v) is 3.94. The summed E-state index contributed by atoms with van der Waals surface area (Å²) in [5.74, 6) is 0. The van der Waals surface area contributed by atoms with E-state index in [0.29, 0.717) is 0 Å². The Hall–Kier alpha value is -2.74. The first kappa shape index (κ1) is 17.1. The van der Waals surface area contributed by atoms with Gasteiger partial charge >= 0.3 is 17.1 Å². The predicted octanol–water partition coefficient (Wildman–Crippen LogP) is 5.30. The van der Waals surface area contributed by atoms with Gasteiger partial charge < -0.3 is 10.6 Å². The number of hydrogen-bond donors (Lipinski definition) is 2. The van der Waals surface area contributed by atoms with E-state index < -0.39 is 0 Å². The first-order chi connectivity index (χ1) is 11.9. The molecule has 3 heteroatoms. The molecule has 1 radical (unpaired) electrons. The Morgan fingerprint density at radius 3 is 1.88 bits per heavy atom. The summed E-state index contributed by atoms with van der Waals surface area (Å²) in [6, 6.07) is 28.7. The van der Waals surface area contributed by atoms with Crippen molar-refractivity contribution in [2.45, 2.75) is 0 Å². The first-order valence-electron chi connectivity index (χ1n) is 7.98. The molecular weight excluding hydrogens is 356 g/mol. The fraction of sp³-hybridized carbons (Fsp3) is 0. The predicted molar refractivity (Wildman–Crippen MR) is 100 cm³/mol. The van der Waals surface area contributed by atoms with E-state index in [-0.39, 0.29) is 17.1 Å². The maximum atomic E-state index is 3.55. The summed E-state index contributed by atoms with van der Waals surface area (Å²) in [5.41, 5.74) is 6.40. The Kier molecular flexibility index (Phi) is 5.39. The van der Waals surface area contributed by atoms with E-state index in [9.17, 15) is 0 Å². The molecule has 0 bridgehead atoms. The minimum absolute atomic E-state index is 0. The van der Waals surface area contributed by atoms with Gasteiger partial charge in [0.05, 0.1) is 11.4 Å². The largest absolute Gasteiger partial charge is 2.00 e. The maximum Gasteiger partial charge on any atom is 2.00 e. The Morgan fingerprint density at radius 1 is 0.640 bits per heavy atom. The number of rotatable bonds is 3. The molecule has 0 saturated heterocycles. The smallest absolute Gasteiger partial charge is 0.391 e. The third kappa shape index (κ3) is 3.85. The standard InChI is InChI=1S/C22H17N2.Cu/c1-3-9-17(10-4-1)15-16-21-22(18-11-5-2-6-12-18)24-20-14-8-7-13-19(20)23-21;/h1-14,16,23-24H;/q-1;+2. The van der Waals surface area contributed by atoms with Crippen LogP contribution < -0.4 is 10.6 Å². The molecule has 0 unspecified atom stereocenters. The molecule has 3 aromatic rings. The number of hydrogen-bond acceptors (Lipinski definition) is 2. The Balaban J connectivity index is 0.00000182. The van der Waals surface area contributed by atoms with Crippen molar-refractivity contribution < 1.29 is 17.1 Å². The molecule has 1 aliphatic heterocycles. The van der Waals surface area contributed by atoms with Crippen LogP contribution >= 0.6 is 0 Å². The van der Waals surface area contributed by atoms with Crippen molar-refractivity contribution in [1.82, 2.24) is 0 Å². The van der Waals surface area contributed by atoms with Gasteiger partial charge in [-0.1, -0.05) is 48.5 Å². The number of anilines is 2.